The number of likely N-dealkylation sites (tertiary alicyclic amines) is 1. The molecule has 0 aliphatic carbocycles. The third-order valence-electron chi connectivity index (χ3n) is 4.61. The highest BCUT2D eigenvalue weighted by molar-refractivity contribution is 7.91. The lowest BCUT2D eigenvalue weighted by molar-refractivity contribution is -0.163. The van der Waals surface area contributed by atoms with Gasteiger partial charge in [0.2, 0.25) is 5.06 Å². The minimum Gasteiger partial charge on any atom is -0.460 e. The normalized spacial score (nSPS) is 19.7. The molecule has 1 N–H and O–H groups in total. The summed E-state index contributed by atoms with van der Waals surface area (Å²) in [5.41, 5.74) is 0.0926. The summed E-state index contributed by atoms with van der Waals surface area (Å²) in [5.74, 6) is -0.755. The van der Waals surface area contributed by atoms with E-state index in [9.17, 15) is 18.3 Å². The first-order chi connectivity index (χ1) is 11.9. The zero-order chi connectivity index (χ0) is 19.6. The summed E-state index contributed by atoms with van der Waals surface area (Å²) in [4.78, 5) is 13.7. The van der Waals surface area contributed by atoms with Crippen LogP contribution in [0.5, 0.6) is 0 Å². The number of hydrogen-bond acceptors (Lipinski definition) is 6. The number of carbonyl (C=O) groups is 1. The molecule has 0 spiro atoms. The Morgan fingerprint density at radius 3 is 2.19 bits per heavy atom. The van der Waals surface area contributed by atoms with Gasteiger partial charge in [-0.1, -0.05) is 30.3 Å². The summed E-state index contributed by atoms with van der Waals surface area (Å²) in [6.07, 6.45) is 0.928. The third kappa shape index (κ3) is 5.05. The Hall–Kier alpha value is -1.44. The molecule has 0 aromatic heterocycles. The van der Waals surface area contributed by atoms with Gasteiger partial charge in [-0.15, -0.1) is 0 Å². The van der Waals surface area contributed by atoms with Crippen LogP contribution in [0, 0.1) is 5.92 Å². The van der Waals surface area contributed by atoms with E-state index in [0.29, 0.717) is 31.5 Å². The van der Waals surface area contributed by atoms with Crippen LogP contribution >= 0.6 is 0 Å². The van der Waals surface area contributed by atoms with Crippen LogP contribution in [0.1, 0.15) is 46.1 Å². The summed E-state index contributed by atoms with van der Waals surface area (Å²) in [7, 11) is -3.81. The van der Waals surface area contributed by atoms with Crippen molar-refractivity contribution in [2.24, 2.45) is 5.92 Å². The Morgan fingerprint density at radius 1 is 1.15 bits per heavy atom. The van der Waals surface area contributed by atoms with Crippen molar-refractivity contribution in [3.8, 4) is 0 Å². The minimum atomic E-state index is -3.81. The first kappa shape index (κ1) is 20.9. The SMILES string of the molecule is CC(C)(C)OC(=O)C1CCN(C(C)(O)S(=O)(=O)Cc2ccccc2)CC1. The Kier molecular flexibility index (Phi) is 6.15. The van der Waals surface area contributed by atoms with Crippen molar-refractivity contribution in [3.05, 3.63) is 35.9 Å². The molecule has 7 heteroatoms. The van der Waals surface area contributed by atoms with Gasteiger partial charge in [0, 0.05) is 13.1 Å². The largest absolute Gasteiger partial charge is 0.460 e. The van der Waals surface area contributed by atoms with E-state index in [1.54, 1.807) is 24.3 Å². The number of carbonyl (C=O) groups excluding carboxylic acids is 1. The van der Waals surface area contributed by atoms with E-state index >= 15 is 0 Å². The predicted octanol–water partition coefficient (Wildman–Crippen LogP) is 2.32. The summed E-state index contributed by atoms with van der Waals surface area (Å²) in [5, 5.41) is 8.79. The Labute approximate surface area is 156 Å². The second-order valence-electron chi connectivity index (χ2n) is 7.97. The average molecular weight is 384 g/mol. The number of aliphatic hydroxyl groups is 1. The quantitative estimate of drug-likeness (QED) is 0.786. The molecule has 1 fully saturated rings. The van der Waals surface area contributed by atoms with Crippen LogP contribution in [0.4, 0.5) is 0 Å². The molecule has 2 rings (SSSR count). The molecule has 1 unspecified atom stereocenters. The molecule has 0 bridgehead atoms. The summed E-state index contributed by atoms with van der Waals surface area (Å²) in [6.45, 7) is 7.43. The number of piperidine rings is 1. The highest BCUT2D eigenvalue weighted by Gasteiger charge is 2.44. The maximum atomic E-state index is 12.7. The molecule has 146 valence electrons. The molecule has 0 amide bonds. The summed E-state index contributed by atoms with van der Waals surface area (Å²) in [6, 6.07) is 8.80. The maximum absolute atomic E-state index is 12.7. The van der Waals surface area contributed by atoms with Crippen molar-refractivity contribution < 1.29 is 23.1 Å². The molecule has 0 saturated carbocycles. The van der Waals surface area contributed by atoms with Crippen LogP contribution in [-0.2, 0) is 25.1 Å². The van der Waals surface area contributed by atoms with Gasteiger partial charge in [0.05, 0.1) is 11.7 Å². The molecule has 1 aromatic rings. The maximum Gasteiger partial charge on any atom is 0.309 e. The Balaban J connectivity index is 2.01. The van der Waals surface area contributed by atoms with E-state index in [0.717, 1.165) is 0 Å². The highest BCUT2D eigenvalue weighted by Crippen LogP contribution is 2.29. The van der Waals surface area contributed by atoms with E-state index < -0.39 is 20.5 Å². The molecule has 1 aliphatic rings. The van der Waals surface area contributed by atoms with E-state index in [4.69, 9.17) is 4.74 Å². The smallest absolute Gasteiger partial charge is 0.309 e. The fourth-order valence-electron chi connectivity index (χ4n) is 3.04. The molecule has 1 aliphatic heterocycles. The zero-order valence-electron chi connectivity index (χ0n) is 15.9. The van der Waals surface area contributed by atoms with Gasteiger partial charge in [0.25, 0.3) is 0 Å². The fraction of sp³-hybridized carbons (Fsp3) is 0.632. The second kappa shape index (κ2) is 7.66. The average Bonchev–Trinajstić information content (AvgIpc) is 2.53. The molecular formula is C19H29NO5S. The van der Waals surface area contributed by atoms with Crippen LogP contribution in [0.15, 0.2) is 30.3 Å². The van der Waals surface area contributed by atoms with Crippen LogP contribution in [-0.4, -0.2) is 48.1 Å². The summed E-state index contributed by atoms with van der Waals surface area (Å²) >= 11 is 0. The lowest BCUT2D eigenvalue weighted by Gasteiger charge is -2.40. The Bertz CT molecular complexity index is 714. The number of esters is 1. The van der Waals surface area contributed by atoms with Crippen LogP contribution in [0.25, 0.3) is 0 Å². The van der Waals surface area contributed by atoms with Gasteiger partial charge in [-0.2, -0.15) is 0 Å². The van der Waals surface area contributed by atoms with Crippen LogP contribution in [0.3, 0.4) is 0 Å². The molecule has 1 heterocycles. The first-order valence-corrected chi connectivity index (χ1v) is 10.5. The lowest BCUT2D eigenvalue weighted by Crippen LogP contribution is -2.55. The molecule has 0 radical (unpaired) electrons. The first-order valence-electron chi connectivity index (χ1n) is 8.89. The van der Waals surface area contributed by atoms with Crippen LogP contribution < -0.4 is 0 Å². The van der Waals surface area contributed by atoms with Gasteiger partial charge in [0.15, 0.2) is 9.84 Å². The van der Waals surface area contributed by atoms with Crippen molar-refractivity contribution >= 4 is 15.8 Å². The van der Waals surface area contributed by atoms with E-state index in [2.05, 4.69) is 0 Å². The second-order valence-corrected chi connectivity index (χ2v) is 10.3. The number of nitrogens with zero attached hydrogens (tertiary/aromatic N) is 1. The predicted molar refractivity (Wildman–Crippen MR) is 99.8 cm³/mol. The number of sulfone groups is 1. The monoisotopic (exact) mass is 383 g/mol. The lowest BCUT2D eigenvalue weighted by atomic mass is 9.96. The molecular weight excluding hydrogens is 354 g/mol. The van der Waals surface area contributed by atoms with Crippen molar-refractivity contribution in [1.82, 2.24) is 4.90 Å². The molecule has 26 heavy (non-hydrogen) atoms. The van der Waals surface area contributed by atoms with E-state index in [-0.39, 0.29) is 17.6 Å². The molecule has 1 aromatic carbocycles. The van der Waals surface area contributed by atoms with Crippen molar-refractivity contribution in [2.45, 2.75) is 56.9 Å². The standard InChI is InChI=1S/C19H29NO5S/c1-18(2,3)25-17(21)16-10-12-20(13-11-16)19(4,22)26(23,24)14-15-8-6-5-7-9-15/h5-9,16,22H,10-14H2,1-4H3. The number of ether oxygens (including phenoxy) is 1. The van der Waals surface area contributed by atoms with Crippen LogP contribution in [0.2, 0.25) is 0 Å². The van der Waals surface area contributed by atoms with Gasteiger partial charge in [0.1, 0.15) is 5.60 Å². The summed E-state index contributed by atoms with van der Waals surface area (Å²) < 4.78 is 30.9. The topological polar surface area (TPSA) is 83.9 Å². The highest BCUT2D eigenvalue weighted by atomic mass is 32.2. The molecule has 1 atom stereocenters. The van der Waals surface area contributed by atoms with Gasteiger partial charge in [-0.3, -0.25) is 9.69 Å². The Morgan fingerprint density at radius 2 is 1.69 bits per heavy atom. The van der Waals surface area contributed by atoms with E-state index in [1.807, 2.05) is 26.8 Å². The zero-order valence-corrected chi connectivity index (χ0v) is 16.8. The number of rotatable bonds is 5. The van der Waals surface area contributed by atoms with Gasteiger partial charge in [-0.25, -0.2) is 8.42 Å². The molecule has 6 nitrogen and oxygen atoms in total. The van der Waals surface area contributed by atoms with Gasteiger partial charge < -0.3 is 9.84 Å². The number of benzene rings is 1. The van der Waals surface area contributed by atoms with Gasteiger partial charge in [-0.05, 0) is 46.1 Å². The van der Waals surface area contributed by atoms with E-state index in [1.165, 1.54) is 11.8 Å². The van der Waals surface area contributed by atoms with Crippen molar-refractivity contribution in [3.63, 3.8) is 0 Å². The third-order valence-corrected chi connectivity index (χ3v) is 6.76. The fourth-order valence-corrected chi connectivity index (χ4v) is 4.52. The molecule has 1 saturated heterocycles. The number of hydrogen-bond donors (Lipinski definition) is 1. The van der Waals surface area contributed by atoms with Crippen molar-refractivity contribution in [1.29, 1.82) is 0 Å². The van der Waals surface area contributed by atoms with Gasteiger partial charge >= 0.3 is 5.97 Å². The minimum absolute atomic E-state index is 0.229. The van der Waals surface area contributed by atoms with Crippen molar-refractivity contribution in [2.75, 3.05) is 13.1 Å².